The average molecular weight is 296 g/mol. The van der Waals surface area contributed by atoms with E-state index in [1.807, 2.05) is 0 Å². The molecule has 0 unspecified atom stereocenters. The summed E-state index contributed by atoms with van der Waals surface area (Å²) in [5.74, 6) is 1.80. The Labute approximate surface area is 113 Å². The molecule has 1 aromatic rings. The maximum Gasteiger partial charge on any atom is 0.0487 e. The average Bonchev–Trinajstić information content (AvgIpc) is 2.32. The first-order chi connectivity index (χ1) is 8.15. The summed E-state index contributed by atoms with van der Waals surface area (Å²) in [5, 5.41) is 3.59. The predicted molar refractivity (Wildman–Crippen MR) is 78.5 cm³/mol. The SMILES string of the molecule is Cc1ccc(Br)c(NCC2CCC(C)CC2)c1. The first-order valence-corrected chi connectivity index (χ1v) is 7.44. The van der Waals surface area contributed by atoms with Crippen molar-refractivity contribution in [2.75, 3.05) is 11.9 Å². The van der Waals surface area contributed by atoms with E-state index in [-0.39, 0.29) is 0 Å². The second-order valence-electron chi connectivity index (χ2n) is 5.49. The van der Waals surface area contributed by atoms with Crippen molar-refractivity contribution in [2.24, 2.45) is 11.8 Å². The van der Waals surface area contributed by atoms with Gasteiger partial charge < -0.3 is 5.32 Å². The predicted octanol–water partition coefficient (Wildman–Crippen LogP) is 5.00. The van der Waals surface area contributed by atoms with E-state index in [4.69, 9.17) is 0 Å². The van der Waals surface area contributed by atoms with Crippen LogP contribution in [0.3, 0.4) is 0 Å². The Kier molecular flexibility index (Phi) is 4.49. The molecule has 1 aliphatic carbocycles. The molecule has 2 heteroatoms. The minimum atomic E-state index is 0.860. The van der Waals surface area contributed by atoms with Gasteiger partial charge in [-0.25, -0.2) is 0 Å². The molecule has 1 N–H and O–H groups in total. The lowest BCUT2D eigenvalue weighted by atomic mass is 9.83. The van der Waals surface area contributed by atoms with Crippen LogP contribution in [0.5, 0.6) is 0 Å². The van der Waals surface area contributed by atoms with Gasteiger partial charge in [0.25, 0.3) is 0 Å². The van der Waals surface area contributed by atoms with Crippen molar-refractivity contribution in [3.05, 3.63) is 28.2 Å². The van der Waals surface area contributed by atoms with Gasteiger partial charge in [-0.05, 0) is 65.2 Å². The van der Waals surface area contributed by atoms with Crippen molar-refractivity contribution in [3.8, 4) is 0 Å². The number of aryl methyl sites for hydroxylation is 1. The molecular formula is C15H22BrN. The Bertz CT molecular complexity index is 367. The Morgan fingerprint density at radius 2 is 1.94 bits per heavy atom. The lowest BCUT2D eigenvalue weighted by molar-refractivity contribution is 0.300. The number of hydrogen-bond acceptors (Lipinski definition) is 1. The van der Waals surface area contributed by atoms with Gasteiger partial charge in [-0.1, -0.05) is 25.8 Å². The lowest BCUT2D eigenvalue weighted by Gasteiger charge is -2.26. The molecule has 1 nitrogen and oxygen atoms in total. The van der Waals surface area contributed by atoms with E-state index in [0.29, 0.717) is 0 Å². The van der Waals surface area contributed by atoms with E-state index in [0.717, 1.165) is 18.4 Å². The zero-order chi connectivity index (χ0) is 12.3. The molecule has 0 spiro atoms. The van der Waals surface area contributed by atoms with Gasteiger partial charge in [0.2, 0.25) is 0 Å². The third kappa shape index (κ3) is 3.74. The number of halogens is 1. The summed E-state index contributed by atoms with van der Waals surface area (Å²) < 4.78 is 1.17. The number of benzene rings is 1. The summed E-state index contributed by atoms with van der Waals surface area (Å²) >= 11 is 3.60. The highest BCUT2D eigenvalue weighted by molar-refractivity contribution is 9.10. The molecule has 94 valence electrons. The molecule has 0 saturated heterocycles. The highest BCUT2D eigenvalue weighted by Crippen LogP contribution is 2.29. The monoisotopic (exact) mass is 295 g/mol. The van der Waals surface area contributed by atoms with Crippen LogP contribution in [0.15, 0.2) is 22.7 Å². The molecule has 0 amide bonds. The first-order valence-electron chi connectivity index (χ1n) is 6.65. The van der Waals surface area contributed by atoms with Gasteiger partial charge in [0.1, 0.15) is 0 Å². The van der Waals surface area contributed by atoms with E-state index in [1.165, 1.54) is 41.4 Å². The van der Waals surface area contributed by atoms with Crippen molar-refractivity contribution in [2.45, 2.75) is 39.5 Å². The van der Waals surface area contributed by atoms with E-state index in [1.54, 1.807) is 0 Å². The molecule has 0 aromatic heterocycles. The third-order valence-electron chi connectivity index (χ3n) is 3.84. The summed E-state index contributed by atoms with van der Waals surface area (Å²) in [6.45, 7) is 5.63. The normalized spacial score (nSPS) is 24.6. The van der Waals surface area contributed by atoms with Crippen molar-refractivity contribution < 1.29 is 0 Å². The fraction of sp³-hybridized carbons (Fsp3) is 0.600. The van der Waals surface area contributed by atoms with Crippen molar-refractivity contribution in [1.82, 2.24) is 0 Å². The van der Waals surface area contributed by atoms with Gasteiger partial charge in [-0.3, -0.25) is 0 Å². The van der Waals surface area contributed by atoms with Gasteiger partial charge in [0.05, 0.1) is 0 Å². The smallest absolute Gasteiger partial charge is 0.0487 e. The van der Waals surface area contributed by atoms with Crippen molar-refractivity contribution >= 4 is 21.6 Å². The second kappa shape index (κ2) is 5.90. The Hall–Kier alpha value is -0.500. The zero-order valence-electron chi connectivity index (χ0n) is 10.8. The minimum Gasteiger partial charge on any atom is -0.384 e. The van der Waals surface area contributed by atoms with Crippen LogP contribution in [0.2, 0.25) is 0 Å². The highest BCUT2D eigenvalue weighted by Gasteiger charge is 2.17. The molecule has 1 saturated carbocycles. The molecule has 1 aliphatic rings. The lowest BCUT2D eigenvalue weighted by Crippen LogP contribution is -2.20. The summed E-state index contributed by atoms with van der Waals surface area (Å²) in [4.78, 5) is 0. The Morgan fingerprint density at radius 3 is 2.65 bits per heavy atom. The Morgan fingerprint density at radius 1 is 1.24 bits per heavy atom. The van der Waals surface area contributed by atoms with Crippen LogP contribution in [0.25, 0.3) is 0 Å². The fourth-order valence-electron chi connectivity index (χ4n) is 2.56. The molecule has 17 heavy (non-hydrogen) atoms. The fourth-order valence-corrected chi connectivity index (χ4v) is 2.95. The molecule has 2 rings (SSSR count). The summed E-state index contributed by atoms with van der Waals surface area (Å²) in [7, 11) is 0. The molecule has 0 bridgehead atoms. The number of nitrogens with one attached hydrogen (secondary N) is 1. The number of hydrogen-bond donors (Lipinski definition) is 1. The minimum absolute atomic E-state index is 0.860. The summed E-state index contributed by atoms with van der Waals surface area (Å²) in [5.41, 5.74) is 2.55. The van der Waals surface area contributed by atoms with Crippen LogP contribution < -0.4 is 5.32 Å². The molecule has 0 heterocycles. The topological polar surface area (TPSA) is 12.0 Å². The Balaban J connectivity index is 1.87. The molecule has 1 aromatic carbocycles. The van der Waals surface area contributed by atoms with E-state index >= 15 is 0 Å². The van der Waals surface area contributed by atoms with E-state index < -0.39 is 0 Å². The van der Waals surface area contributed by atoms with Crippen molar-refractivity contribution in [1.29, 1.82) is 0 Å². The third-order valence-corrected chi connectivity index (χ3v) is 4.53. The van der Waals surface area contributed by atoms with Crippen LogP contribution in [0.1, 0.15) is 38.2 Å². The van der Waals surface area contributed by atoms with Crippen LogP contribution in [0.4, 0.5) is 5.69 Å². The van der Waals surface area contributed by atoms with Gasteiger partial charge in [0.15, 0.2) is 0 Å². The largest absolute Gasteiger partial charge is 0.384 e. The summed E-state index contributed by atoms with van der Waals surface area (Å²) in [6, 6.07) is 6.48. The molecular weight excluding hydrogens is 274 g/mol. The van der Waals surface area contributed by atoms with E-state index in [9.17, 15) is 0 Å². The first kappa shape index (κ1) is 12.9. The van der Waals surface area contributed by atoms with Gasteiger partial charge in [-0.2, -0.15) is 0 Å². The molecule has 0 atom stereocenters. The van der Waals surface area contributed by atoms with Crippen LogP contribution in [0, 0.1) is 18.8 Å². The molecule has 1 fully saturated rings. The summed E-state index contributed by atoms with van der Waals surface area (Å²) in [6.07, 6.45) is 5.58. The maximum atomic E-state index is 3.60. The maximum absolute atomic E-state index is 3.60. The van der Waals surface area contributed by atoms with Crippen LogP contribution >= 0.6 is 15.9 Å². The quantitative estimate of drug-likeness (QED) is 0.828. The van der Waals surface area contributed by atoms with Gasteiger partial charge in [-0.15, -0.1) is 0 Å². The van der Waals surface area contributed by atoms with Crippen LogP contribution in [-0.2, 0) is 0 Å². The van der Waals surface area contributed by atoms with E-state index in [2.05, 4.69) is 53.3 Å². The van der Waals surface area contributed by atoms with Crippen LogP contribution in [-0.4, -0.2) is 6.54 Å². The zero-order valence-corrected chi connectivity index (χ0v) is 12.4. The molecule has 0 radical (unpaired) electrons. The van der Waals surface area contributed by atoms with Gasteiger partial charge >= 0.3 is 0 Å². The number of anilines is 1. The van der Waals surface area contributed by atoms with Gasteiger partial charge in [0, 0.05) is 16.7 Å². The number of rotatable bonds is 3. The highest BCUT2D eigenvalue weighted by atomic mass is 79.9. The standard InChI is InChI=1S/C15H22BrN/c1-11-3-6-13(7-4-11)10-17-15-9-12(2)5-8-14(15)16/h5,8-9,11,13,17H,3-4,6-7,10H2,1-2H3. The molecule has 0 aliphatic heterocycles. The second-order valence-corrected chi connectivity index (χ2v) is 6.34. The van der Waals surface area contributed by atoms with Crippen molar-refractivity contribution in [3.63, 3.8) is 0 Å².